The number of anilines is 1. The maximum absolute atomic E-state index is 12.0. The zero-order valence-corrected chi connectivity index (χ0v) is 13.4. The van der Waals surface area contributed by atoms with E-state index in [9.17, 15) is 14.7 Å². The predicted octanol–water partition coefficient (Wildman–Crippen LogP) is 2.10. The van der Waals surface area contributed by atoms with Crippen molar-refractivity contribution in [2.45, 2.75) is 26.0 Å². The molecular weight excluding hydrogens is 308 g/mol. The van der Waals surface area contributed by atoms with Gasteiger partial charge < -0.3 is 20.9 Å². The second-order valence-electron chi connectivity index (χ2n) is 5.45. The molecule has 24 heavy (non-hydrogen) atoms. The van der Waals surface area contributed by atoms with Crippen molar-refractivity contribution >= 4 is 17.6 Å². The summed E-state index contributed by atoms with van der Waals surface area (Å²) in [5, 5.41) is 12.1. The highest BCUT2D eigenvalue weighted by molar-refractivity contribution is 5.96. The number of carbonyl (C=O) groups is 2. The third-order valence-electron chi connectivity index (χ3n) is 3.43. The van der Waals surface area contributed by atoms with Gasteiger partial charge in [-0.05, 0) is 36.2 Å². The number of ether oxygens (including phenoxy) is 1. The summed E-state index contributed by atoms with van der Waals surface area (Å²) >= 11 is 0. The summed E-state index contributed by atoms with van der Waals surface area (Å²) in [5.41, 5.74) is 7.74. The van der Waals surface area contributed by atoms with Crippen LogP contribution in [0.25, 0.3) is 0 Å². The summed E-state index contributed by atoms with van der Waals surface area (Å²) in [4.78, 5) is 23.8. The lowest BCUT2D eigenvalue weighted by Crippen LogP contribution is -2.37. The van der Waals surface area contributed by atoms with Crippen molar-refractivity contribution in [3.8, 4) is 5.75 Å². The second-order valence-corrected chi connectivity index (χ2v) is 5.45. The summed E-state index contributed by atoms with van der Waals surface area (Å²) in [6.45, 7) is 1.86. The monoisotopic (exact) mass is 328 g/mol. The van der Waals surface area contributed by atoms with Crippen molar-refractivity contribution in [3.05, 3.63) is 59.7 Å². The summed E-state index contributed by atoms with van der Waals surface area (Å²) in [6.07, 6.45) is -0.213. The number of aromatic hydroxyl groups is 1. The van der Waals surface area contributed by atoms with Gasteiger partial charge in [0.15, 0.2) is 0 Å². The van der Waals surface area contributed by atoms with Crippen LogP contribution in [-0.2, 0) is 20.9 Å². The average molecular weight is 328 g/mol. The van der Waals surface area contributed by atoms with E-state index >= 15 is 0 Å². The minimum absolute atomic E-state index is 0.141. The number of hydrogen-bond acceptors (Lipinski definition) is 5. The van der Waals surface area contributed by atoms with Crippen LogP contribution in [-0.4, -0.2) is 23.0 Å². The number of nitrogens with one attached hydrogen (secondary N) is 1. The van der Waals surface area contributed by atoms with Gasteiger partial charge in [-0.15, -0.1) is 0 Å². The molecule has 0 aliphatic rings. The first-order valence-electron chi connectivity index (χ1n) is 7.51. The number of carbonyl (C=O) groups excluding carboxylic acids is 2. The number of amides is 1. The number of nitrogens with two attached hydrogens (primary N) is 1. The van der Waals surface area contributed by atoms with E-state index in [4.69, 9.17) is 10.5 Å². The zero-order valence-electron chi connectivity index (χ0n) is 13.4. The number of hydrogen-bond donors (Lipinski definition) is 3. The van der Waals surface area contributed by atoms with Gasteiger partial charge in [-0.1, -0.05) is 30.3 Å². The van der Waals surface area contributed by atoms with Gasteiger partial charge in [0, 0.05) is 5.69 Å². The van der Waals surface area contributed by atoms with Crippen molar-refractivity contribution in [1.82, 2.24) is 0 Å². The molecule has 0 radical (unpaired) electrons. The first-order valence-corrected chi connectivity index (χ1v) is 7.51. The number of aryl methyl sites for hydroxylation is 1. The van der Waals surface area contributed by atoms with Crippen LogP contribution in [0.3, 0.4) is 0 Å². The molecular formula is C18H20N2O4. The Morgan fingerprint density at radius 1 is 1.21 bits per heavy atom. The molecule has 2 aromatic carbocycles. The van der Waals surface area contributed by atoms with Crippen LogP contribution in [0.5, 0.6) is 5.75 Å². The van der Waals surface area contributed by atoms with E-state index in [-0.39, 0.29) is 18.8 Å². The highest BCUT2D eigenvalue weighted by atomic mass is 16.5. The maximum atomic E-state index is 12.0. The highest BCUT2D eigenvalue weighted by Gasteiger charge is 2.19. The number of phenolic OH excluding ortho intramolecular Hbond substituents is 1. The van der Waals surface area contributed by atoms with Crippen LogP contribution >= 0.6 is 0 Å². The van der Waals surface area contributed by atoms with Gasteiger partial charge in [0.25, 0.3) is 0 Å². The van der Waals surface area contributed by atoms with Crippen molar-refractivity contribution in [3.63, 3.8) is 0 Å². The number of phenols is 1. The molecule has 6 nitrogen and oxygen atoms in total. The van der Waals surface area contributed by atoms with E-state index in [2.05, 4.69) is 5.32 Å². The molecule has 0 aliphatic carbocycles. The topological polar surface area (TPSA) is 102 Å². The lowest BCUT2D eigenvalue weighted by Gasteiger charge is -2.13. The molecule has 0 bridgehead atoms. The minimum Gasteiger partial charge on any atom is -0.508 e. The van der Waals surface area contributed by atoms with E-state index in [0.717, 1.165) is 5.56 Å². The van der Waals surface area contributed by atoms with E-state index in [1.54, 1.807) is 19.1 Å². The molecule has 0 saturated heterocycles. The minimum atomic E-state index is -1.01. The Labute approximate surface area is 140 Å². The van der Waals surface area contributed by atoms with E-state index in [0.29, 0.717) is 11.3 Å². The van der Waals surface area contributed by atoms with Gasteiger partial charge >= 0.3 is 5.97 Å². The van der Waals surface area contributed by atoms with Crippen LogP contribution in [0.4, 0.5) is 5.69 Å². The lowest BCUT2D eigenvalue weighted by molar-refractivity contribution is -0.146. The molecule has 2 rings (SSSR count). The molecule has 4 N–H and O–H groups in total. The molecule has 1 atom stereocenters. The Morgan fingerprint density at radius 2 is 1.92 bits per heavy atom. The summed E-state index contributed by atoms with van der Waals surface area (Å²) < 4.78 is 5.10. The van der Waals surface area contributed by atoms with Gasteiger partial charge in [0.2, 0.25) is 5.91 Å². The van der Waals surface area contributed by atoms with Gasteiger partial charge in [0.05, 0.1) is 12.5 Å². The van der Waals surface area contributed by atoms with Crippen molar-refractivity contribution in [2.24, 2.45) is 5.73 Å². The molecule has 2 aromatic rings. The summed E-state index contributed by atoms with van der Waals surface area (Å²) in [5.74, 6) is -0.887. The Bertz CT molecular complexity index is 716. The molecule has 0 spiro atoms. The molecule has 0 aromatic heterocycles. The summed E-state index contributed by atoms with van der Waals surface area (Å²) in [7, 11) is 0. The van der Waals surface area contributed by atoms with Crippen LogP contribution < -0.4 is 11.1 Å². The SMILES string of the molecule is Cc1cc(NC(=O)[C@@H](N)CC(=O)OCc2ccccc2)ccc1O. The van der Waals surface area contributed by atoms with Gasteiger partial charge in [0.1, 0.15) is 12.4 Å². The molecule has 6 heteroatoms. The van der Waals surface area contributed by atoms with E-state index < -0.39 is 17.9 Å². The third-order valence-corrected chi connectivity index (χ3v) is 3.43. The number of rotatable bonds is 6. The van der Waals surface area contributed by atoms with E-state index in [1.165, 1.54) is 6.07 Å². The lowest BCUT2D eigenvalue weighted by atomic mass is 10.1. The number of benzene rings is 2. The van der Waals surface area contributed by atoms with Crippen LogP contribution in [0.2, 0.25) is 0 Å². The fourth-order valence-electron chi connectivity index (χ4n) is 2.04. The molecule has 0 heterocycles. The predicted molar refractivity (Wildman–Crippen MR) is 90.3 cm³/mol. The fourth-order valence-corrected chi connectivity index (χ4v) is 2.04. The third kappa shape index (κ3) is 5.10. The molecule has 0 fully saturated rings. The second kappa shape index (κ2) is 8.12. The average Bonchev–Trinajstić information content (AvgIpc) is 2.57. The molecule has 126 valence electrons. The standard InChI is InChI=1S/C18H20N2O4/c1-12-9-14(7-8-16(12)21)20-18(23)15(19)10-17(22)24-11-13-5-3-2-4-6-13/h2-9,15,21H,10-11,19H2,1H3,(H,20,23)/t15-/m0/s1. The quantitative estimate of drug-likeness (QED) is 0.557. The molecule has 0 aliphatic heterocycles. The Balaban J connectivity index is 1.82. The van der Waals surface area contributed by atoms with Gasteiger partial charge in [-0.3, -0.25) is 9.59 Å². The fraction of sp³-hybridized carbons (Fsp3) is 0.222. The number of esters is 1. The van der Waals surface area contributed by atoms with Crippen molar-refractivity contribution in [1.29, 1.82) is 0 Å². The Kier molecular flexibility index (Phi) is 5.92. The van der Waals surface area contributed by atoms with Gasteiger partial charge in [-0.25, -0.2) is 0 Å². The van der Waals surface area contributed by atoms with Crippen LogP contribution in [0.1, 0.15) is 17.5 Å². The molecule has 0 saturated carbocycles. The highest BCUT2D eigenvalue weighted by Crippen LogP contribution is 2.20. The summed E-state index contributed by atoms with van der Waals surface area (Å²) in [6, 6.07) is 12.9. The smallest absolute Gasteiger partial charge is 0.308 e. The molecule has 1 amide bonds. The zero-order chi connectivity index (χ0) is 17.5. The van der Waals surface area contributed by atoms with Crippen molar-refractivity contribution in [2.75, 3.05) is 5.32 Å². The molecule has 0 unspecified atom stereocenters. The maximum Gasteiger partial charge on any atom is 0.308 e. The van der Waals surface area contributed by atoms with Crippen LogP contribution in [0.15, 0.2) is 48.5 Å². The first-order chi connectivity index (χ1) is 11.5. The van der Waals surface area contributed by atoms with Crippen molar-refractivity contribution < 1.29 is 19.4 Å². The Morgan fingerprint density at radius 3 is 2.58 bits per heavy atom. The van der Waals surface area contributed by atoms with Gasteiger partial charge in [-0.2, -0.15) is 0 Å². The normalized spacial score (nSPS) is 11.6. The van der Waals surface area contributed by atoms with Crippen LogP contribution in [0, 0.1) is 6.92 Å². The largest absolute Gasteiger partial charge is 0.508 e. The van der Waals surface area contributed by atoms with E-state index in [1.807, 2.05) is 30.3 Å². The first kappa shape index (κ1) is 17.5. The Hall–Kier alpha value is -2.86.